The molecule has 1 N–H and O–H groups in total. The van der Waals surface area contributed by atoms with Gasteiger partial charge in [0.05, 0.1) is 5.69 Å². The predicted octanol–water partition coefficient (Wildman–Crippen LogP) is 4.49. The molecule has 0 aromatic heterocycles. The second-order valence-corrected chi connectivity index (χ2v) is 7.37. The molecule has 0 saturated carbocycles. The molecule has 1 saturated heterocycles. The molecule has 1 aliphatic heterocycles. The lowest BCUT2D eigenvalue weighted by atomic mass is 10.1. The summed E-state index contributed by atoms with van der Waals surface area (Å²) in [6, 6.07) is 24.3. The smallest absolute Gasteiger partial charge is 0.282 e. The van der Waals surface area contributed by atoms with Gasteiger partial charge in [-0.1, -0.05) is 58.4 Å². The first-order valence-electron chi connectivity index (χ1n) is 9.00. The van der Waals surface area contributed by atoms with Gasteiger partial charge >= 0.3 is 0 Å². The highest BCUT2D eigenvalue weighted by Gasteiger charge is 2.34. The number of benzene rings is 3. The topological polar surface area (TPSA) is 58.6 Å². The minimum Gasteiger partial charge on any atom is -0.489 e. The molecule has 4 rings (SSSR count). The highest BCUT2D eigenvalue weighted by Crippen LogP contribution is 2.24. The van der Waals surface area contributed by atoms with Crippen LogP contribution in [0.2, 0.25) is 0 Å². The zero-order valence-corrected chi connectivity index (χ0v) is 16.9. The molecule has 144 valence electrons. The van der Waals surface area contributed by atoms with Crippen LogP contribution in [-0.2, 0) is 16.2 Å². The molecule has 1 heterocycles. The first-order chi connectivity index (χ1) is 14.1. The van der Waals surface area contributed by atoms with E-state index in [1.54, 1.807) is 18.2 Å². The number of nitrogens with zero attached hydrogens (tertiary/aromatic N) is 1. The fraction of sp³-hybridized carbons (Fsp3) is 0.0435. The van der Waals surface area contributed by atoms with Crippen molar-refractivity contribution < 1.29 is 14.3 Å². The van der Waals surface area contributed by atoms with Gasteiger partial charge in [-0.2, -0.15) is 0 Å². The number of hydrogen-bond donors (Lipinski definition) is 1. The first kappa shape index (κ1) is 19.0. The Bertz CT molecular complexity index is 1060. The van der Waals surface area contributed by atoms with E-state index in [0.717, 1.165) is 21.3 Å². The SMILES string of the molecule is O=C1NN(c2ccc(Br)cc2)C(=O)/C1=C/c1ccc(OCc2ccccc2)cc1. The Labute approximate surface area is 176 Å². The molecule has 0 radical (unpaired) electrons. The second kappa shape index (κ2) is 8.32. The predicted molar refractivity (Wildman–Crippen MR) is 115 cm³/mol. The summed E-state index contributed by atoms with van der Waals surface area (Å²) < 4.78 is 6.66. The summed E-state index contributed by atoms with van der Waals surface area (Å²) >= 11 is 3.35. The quantitative estimate of drug-likeness (QED) is 0.462. The van der Waals surface area contributed by atoms with Gasteiger partial charge in [0.1, 0.15) is 17.9 Å². The largest absolute Gasteiger partial charge is 0.489 e. The normalized spacial score (nSPS) is 14.9. The summed E-state index contributed by atoms with van der Waals surface area (Å²) in [5, 5.41) is 1.25. The average Bonchev–Trinajstić information content (AvgIpc) is 3.03. The summed E-state index contributed by atoms with van der Waals surface area (Å²) in [7, 11) is 0. The van der Waals surface area contributed by atoms with E-state index in [1.807, 2.05) is 66.7 Å². The number of amides is 2. The molecular formula is C23H17BrN2O3. The van der Waals surface area contributed by atoms with Gasteiger partial charge in [0.25, 0.3) is 11.8 Å². The van der Waals surface area contributed by atoms with Crippen molar-refractivity contribution in [3.05, 3.63) is 100 Å². The van der Waals surface area contributed by atoms with Crippen molar-refractivity contribution in [2.75, 3.05) is 5.01 Å². The second-order valence-electron chi connectivity index (χ2n) is 6.46. The van der Waals surface area contributed by atoms with E-state index in [4.69, 9.17) is 4.74 Å². The third kappa shape index (κ3) is 4.38. The minimum atomic E-state index is -0.428. The number of hydrazine groups is 1. The zero-order valence-electron chi connectivity index (χ0n) is 15.3. The lowest BCUT2D eigenvalue weighted by molar-refractivity contribution is -0.117. The molecule has 0 atom stereocenters. The van der Waals surface area contributed by atoms with Crippen molar-refractivity contribution in [1.29, 1.82) is 0 Å². The summed E-state index contributed by atoms with van der Waals surface area (Å²) in [6.07, 6.45) is 1.58. The number of anilines is 1. The van der Waals surface area contributed by atoms with Crippen LogP contribution in [0.25, 0.3) is 6.08 Å². The molecule has 6 heteroatoms. The number of rotatable bonds is 5. The van der Waals surface area contributed by atoms with Gasteiger partial charge in [0, 0.05) is 4.47 Å². The van der Waals surface area contributed by atoms with E-state index >= 15 is 0 Å². The molecule has 2 amide bonds. The van der Waals surface area contributed by atoms with Crippen LogP contribution in [0.15, 0.2) is 88.9 Å². The van der Waals surface area contributed by atoms with Gasteiger partial charge in [-0.3, -0.25) is 15.0 Å². The van der Waals surface area contributed by atoms with Gasteiger partial charge in [0.2, 0.25) is 0 Å². The highest BCUT2D eigenvalue weighted by atomic mass is 79.9. The molecule has 3 aromatic carbocycles. The Morgan fingerprint density at radius 2 is 1.59 bits per heavy atom. The molecule has 5 nitrogen and oxygen atoms in total. The van der Waals surface area contributed by atoms with E-state index in [2.05, 4.69) is 21.4 Å². The molecule has 0 bridgehead atoms. The molecule has 1 fully saturated rings. The summed E-state index contributed by atoms with van der Waals surface area (Å²) in [4.78, 5) is 25.0. The summed E-state index contributed by atoms with van der Waals surface area (Å²) in [5.74, 6) is -0.0984. The molecule has 29 heavy (non-hydrogen) atoms. The summed E-state index contributed by atoms with van der Waals surface area (Å²) in [6.45, 7) is 0.477. The van der Waals surface area contributed by atoms with Crippen LogP contribution < -0.4 is 15.2 Å². The van der Waals surface area contributed by atoms with Crippen LogP contribution in [0.1, 0.15) is 11.1 Å². The van der Waals surface area contributed by atoms with Crippen LogP contribution >= 0.6 is 15.9 Å². The monoisotopic (exact) mass is 448 g/mol. The van der Waals surface area contributed by atoms with Gasteiger partial charge in [-0.25, -0.2) is 5.01 Å². The molecule has 0 spiro atoms. The van der Waals surface area contributed by atoms with Gasteiger partial charge < -0.3 is 4.74 Å². The maximum atomic E-state index is 12.7. The number of nitrogens with one attached hydrogen (secondary N) is 1. The maximum Gasteiger partial charge on any atom is 0.282 e. The van der Waals surface area contributed by atoms with Crippen molar-refractivity contribution in [2.45, 2.75) is 6.61 Å². The molecular weight excluding hydrogens is 432 g/mol. The molecule has 0 aliphatic carbocycles. The van der Waals surface area contributed by atoms with Gasteiger partial charge in [0.15, 0.2) is 0 Å². The first-order valence-corrected chi connectivity index (χ1v) is 9.79. The van der Waals surface area contributed by atoms with E-state index in [0.29, 0.717) is 12.3 Å². The standard InChI is InChI=1S/C23H17BrN2O3/c24-18-8-10-19(11-9-18)26-23(28)21(22(27)25-26)14-16-6-12-20(13-7-16)29-15-17-4-2-1-3-5-17/h1-14H,15H2,(H,25,27)/b21-14+. The molecule has 0 unspecified atom stereocenters. The van der Waals surface area contributed by atoms with E-state index in [-0.39, 0.29) is 11.5 Å². The molecule has 1 aliphatic rings. The molecule has 3 aromatic rings. The lowest BCUT2D eigenvalue weighted by Crippen LogP contribution is -2.35. The Morgan fingerprint density at radius 1 is 0.897 bits per heavy atom. The van der Waals surface area contributed by atoms with Gasteiger partial charge in [-0.15, -0.1) is 0 Å². The van der Waals surface area contributed by atoms with Gasteiger partial charge in [-0.05, 0) is 53.6 Å². The van der Waals surface area contributed by atoms with Crippen LogP contribution in [0.3, 0.4) is 0 Å². The lowest BCUT2D eigenvalue weighted by Gasteiger charge is -2.14. The number of halogens is 1. The Balaban J connectivity index is 1.46. The van der Waals surface area contributed by atoms with Crippen molar-refractivity contribution in [3.63, 3.8) is 0 Å². The number of carbonyl (C=O) groups excluding carboxylic acids is 2. The van der Waals surface area contributed by atoms with E-state index in [1.165, 1.54) is 5.01 Å². The third-order valence-corrected chi connectivity index (χ3v) is 4.94. The van der Waals surface area contributed by atoms with Crippen molar-refractivity contribution in [1.82, 2.24) is 5.43 Å². The van der Waals surface area contributed by atoms with E-state index in [9.17, 15) is 9.59 Å². The summed E-state index contributed by atoms with van der Waals surface area (Å²) in [5.41, 5.74) is 5.11. The van der Waals surface area contributed by atoms with Crippen LogP contribution in [0.5, 0.6) is 5.75 Å². The Kier molecular flexibility index (Phi) is 5.44. The Hall–Kier alpha value is -3.38. The Morgan fingerprint density at radius 3 is 2.28 bits per heavy atom. The third-order valence-electron chi connectivity index (χ3n) is 4.42. The van der Waals surface area contributed by atoms with Crippen molar-refractivity contribution in [3.8, 4) is 5.75 Å². The van der Waals surface area contributed by atoms with Crippen LogP contribution in [-0.4, -0.2) is 11.8 Å². The minimum absolute atomic E-state index is 0.0888. The average molecular weight is 449 g/mol. The van der Waals surface area contributed by atoms with Crippen molar-refractivity contribution in [2.24, 2.45) is 0 Å². The van der Waals surface area contributed by atoms with Crippen LogP contribution in [0, 0.1) is 0 Å². The van der Waals surface area contributed by atoms with Crippen molar-refractivity contribution >= 4 is 39.5 Å². The fourth-order valence-electron chi connectivity index (χ4n) is 2.90. The fourth-order valence-corrected chi connectivity index (χ4v) is 3.16. The number of carbonyl (C=O) groups is 2. The van der Waals surface area contributed by atoms with Crippen LogP contribution in [0.4, 0.5) is 5.69 Å². The number of ether oxygens (including phenoxy) is 1. The van der Waals surface area contributed by atoms with E-state index < -0.39 is 5.91 Å². The zero-order chi connectivity index (χ0) is 20.2. The maximum absolute atomic E-state index is 12.7. The highest BCUT2D eigenvalue weighted by molar-refractivity contribution is 9.10. The number of hydrogen-bond acceptors (Lipinski definition) is 3.